The first-order valence-corrected chi connectivity index (χ1v) is 7.17. The number of benzene rings is 1. The van der Waals surface area contributed by atoms with Gasteiger partial charge >= 0.3 is 7.82 Å². The summed E-state index contributed by atoms with van der Waals surface area (Å²) in [5.41, 5.74) is 2.46. The third-order valence-electron chi connectivity index (χ3n) is 2.91. The molecule has 1 aromatic rings. The molecule has 1 amide bonds. The van der Waals surface area contributed by atoms with Gasteiger partial charge in [-0.3, -0.25) is 19.8 Å². The van der Waals surface area contributed by atoms with Crippen LogP contribution in [0.4, 0.5) is 5.69 Å². The maximum atomic E-state index is 11.9. The Bertz CT molecular complexity index is 517. The number of phosphoric acid groups is 1. The molecule has 3 N–H and O–H groups in total. The van der Waals surface area contributed by atoms with Crippen molar-refractivity contribution >= 4 is 19.4 Å². The SMILES string of the molecule is CC1(COP(=O)(O)O)CN(c2ccccc2)NC1=O. The molecular weight excluding hydrogens is 271 g/mol. The smallest absolute Gasteiger partial charge is 0.303 e. The number of carbonyl (C=O) groups excluding carboxylic acids is 1. The Labute approximate surface area is 110 Å². The topological polar surface area (TPSA) is 99.1 Å². The minimum Gasteiger partial charge on any atom is -0.303 e. The van der Waals surface area contributed by atoms with Gasteiger partial charge in [0.05, 0.1) is 24.3 Å². The van der Waals surface area contributed by atoms with E-state index in [9.17, 15) is 9.36 Å². The number of amides is 1. The van der Waals surface area contributed by atoms with E-state index in [0.29, 0.717) is 0 Å². The number of hydrogen-bond acceptors (Lipinski definition) is 4. The first kappa shape index (κ1) is 14.0. The number of para-hydroxylation sites is 1. The van der Waals surface area contributed by atoms with E-state index in [1.165, 1.54) is 0 Å². The summed E-state index contributed by atoms with van der Waals surface area (Å²) >= 11 is 0. The number of nitrogens with one attached hydrogen (secondary N) is 1. The molecule has 1 heterocycles. The van der Waals surface area contributed by atoms with Crippen LogP contribution in [-0.4, -0.2) is 28.8 Å². The van der Waals surface area contributed by atoms with Gasteiger partial charge in [0.2, 0.25) is 5.91 Å². The fraction of sp³-hybridized carbons (Fsp3) is 0.364. The van der Waals surface area contributed by atoms with Gasteiger partial charge in [0, 0.05) is 0 Å². The first-order chi connectivity index (χ1) is 8.80. The molecule has 1 saturated heterocycles. The van der Waals surface area contributed by atoms with Crippen molar-refractivity contribution in [2.45, 2.75) is 6.92 Å². The molecule has 1 atom stereocenters. The van der Waals surface area contributed by atoms with Crippen molar-refractivity contribution in [3.8, 4) is 0 Å². The molecule has 0 saturated carbocycles. The molecule has 7 nitrogen and oxygen atoms in total. The van der Waals surface area contributed by atoms with Gasteiger partial charge in [-0.1, -0.05) is 18.2 Å². The van der Waals surface area contributed by atoms with E-state index in [1.807, 2.05) is 30.3 Å². The molecular formula is C11H15N2O5P. The van der Waals surface area contributed by atoms with Crippen LogP contribution in [-0.2, 0) is 13.9 Å². The summed E-state index contributed by atoms with van der Waals surface area (Å²) in [6.45, 7) is 1.53. The van der Waals surface area contributed by atoms with Crippen LogP contribution in [0.5, 0.6) is 0 Å². The molecule has 2 rings (SSSR count). The van der Waals surface area contributed by atoms with Crippen LogP contribution in [0.25, 0.3) is 0 Å². The first-order valence-electron chi connectivity index (χ1n) is 5.64. The highest BCUT2D eigenvalue weighted by molar-refractivity contribution is 7.46. The van der Waals surface area contributed by atoms with Crippen LogP contribution in [0.1, 0.15) is 6.92 Å². The van der Waals surface area contributed by atoms with Gasteiger partial charge in [-0.15, -0.1) is 0 Å². The molecule has 8 heteroatoms. The standard InChI is InChI=1S/C11H15N2O5P/c1-11(8-18-19(15,16)17)7-13(12-10(11)14)9-5-3-2-4-6-9/h2-6H,7-8H2,1H3,(H,12,14)(H2,15,16,17). The fourth-order valence-corrected chi connectivity index (χ4v) is 2.27. The number of nitrogens with zero attached hydrogens (tertiary/aromatic N) is 1. The number of anilines is 1. The zero-order valence-corrected chi connectivity index (χ0v) is 11.2. The summed E-state index contributed by atoms with van der Waals surface area (Å²) in [6, 6.07) is 9.19. The summed E-state index contributed by atoms with van der Waals surface area (Å²) in [5, 5.41) is 1.63. The van der Waals surface area contributed by atoms with E-state index in [0.717, 1.165) is 5.69 Å². The molecule has 0 aliphatic carbocycles. The van der Waals surface area contributed by atoms with Crippen molar-refractivity contribution in [1.82, 2.24) is 5.43 Å². The van der Waals surface area contributed by atoms with E-state index in [2.05, 4.69) is 9.95 Å². The van der Waals surface area contributed by atoms with Crippen molar-refractivity contribution in [3.63, 3.8) is 0 Å². The monoisotopic (exact) mass is 286 g/mol. The molecule has 1 aliphatic heterocycles. The number of rotatable bonds is 4. The normalized spacial score (nSPS) is 23.5. The van der Waals surface area contributed by atoms with Crippen molar-refractivity contribution in [1.29, 1.82) is 0 Å². The zero-order valence-electron chi connectivity index (χ0n) is 10.3. The zero-order chi connectivity index (χ0) is 14.1. The Morgan fingerprint density at radius 2 is 2.05 bits per heavy atom. The average molecular weight is 286 g/mol. The van der Waals surface area contributed by atoms with Crippen molar-refractivity contribution in [2.75, 3.05) is 18.2 Å². The highest BCUT2D eigenvalue weighted by atomic mass is 31.2. The Morgan fingerprint density at radius 3 is 2.63 bits per heavy atom. The lowest BCUT2D eigenvalue weighted by Gasteiger charge is -2.21. The van der Waals surface area contributed by atoms with Crippen LogP contribution in [0, 0.1) is 5.41 Å². The maximum Gasteiger partial charge on any atom is 0.469 e. The van der Waals surface area contributed by atoms with Gasteiger partial charge in [0.25, 0.3) is 0 Å². The second kappa shape index (κ2) is 4.94. The van der Waals surface area contributed by atoms with Crippen LogP contribution in [0.3, 0.4) is 0 Å². The summed E-state index contributed by atoms with van der Waals surface area (Å²) < 4.78 is 15.2. The Morgan fingerprint density at radius 1 is 1.42 bits per heavy atom. The van der Waals surface area contributed by atoms with Gasteiger partial charge < -0.3 is 9.79 Å². The van der Waals surface area contributed by atoms with E-state index in [1.54, 1.807) is 11.9 Å². The summed E-state index contributed by atoms with van der Waals surface area (Å²) in [7, 11) is -4.58. The molecule has 0 aromatic heterocycles. The fourth-order valence-electron chi connectivity index (χ4n) is 1.82. The highest BCUT2D eigenvalue weighted by Gasteiger charge is 2.44. The van der Waals surface area contributed by atoms with E-state index in [-0.39, 0.29) is 19.1 Å². The second-order valence-corrected chi connectivity index (χ2v) is 5.93. The second-order valence-electron chi connectivity index (χ2n) is 4.69. The molecule has 0 radical (unpaired) electrons. The third-order valence-corrected chi connectivity index (χ3v) is 3.38. The summed E-state index contributed by atoms with van der Waals surface area (Å²) in [5.74, 6) is -0.329. The quantitative estimate of drug-likeness (QED) is 0.703. The van der Waals surface area contributed by atoms with E-state index < -0.39 is 13.2 Å². The van der Waals surface area contributed by atoms with Gasteiger partial charge in [-0.25, -0.2) is 4.57 Å². The Kier molecular flexibility index (Phi) is 3.64. The number of phosphoric ester groups is 1. The lowest BCUT2D eigenvalue weighted by Crippen LogP contribution is -2.34. The van der Waals surface area contributed by atoms with Crippen molar-refractivity contribution < 1.29 is 23.7 Å². The minimum absolute atomic E-state index is 0.274. The largest absolute Gasteiger partial charge is 0.469 e. The van der Waals surface area contributed by atoms with E-state index >= 15 is 0 Å². The van der Waals surface area contributed by atoms with Crippen LogP contribution >= 0.6 is 7.82 Å². The Hall–Kier alpha value is -1.40. The average Bonchev–Trinajstić information content (AvgIpc) is 2.65. The van der Waals surface area contributed by atoms with Gasteiger partial charge in [-0.2, -0.15) is 0 Å². The number of carbonyl (C=O) groups is 1. The number of hydrazine groups is 1. The maximum absolute atomic E-state index is 11.9. The minimum atomic E-state index is -4.58. The highest BCUT2D eigenvalue weighted by Crippen LogP contribution is 2.39. The van der Waals surface area contributed by atoms with Crippen molar-refractivity contribution in [2.24, 2.45) is 5.41 Å². The number of hydrogen-bond donors (Lipinski definition) is 3. The van der Waals surface area contributed by atoms with Gasteiger partial charge in [0.1, 0.15) is 0 Å². The molecule has 1 aromatic carbocycles. The van der Waals surface area contributed by atoms with Gasteiger partial charge in [0.15, 0.2) is 0 Å². The molecule has 1 unspecified atom stereocenters. The lowest BCUT2D eigenvalue weighted by atomic mass is 9.92. The third kappa shape index (κ3) is 3.33. The van der Waals surface area contributed by atoms with Gasteiger partial charge in [-0.05, 0) is 19.1 Å². The molecule has 19 heavy (non-hydrogen) atoms. The van der Waals surface area contributed by atoms with Crippen LogP contribution in [0.15, 0.2) is 30.3 Å². The molecule has 1 aliphatic rings. The predicted molar refractivity (Wildman–Crippen MR) is 68.0 cm³/mol. The van der Waals surface area contributed by atoms with Crippen LogP contribution in [0.2, 0.25) is 0 Å². The van der Waals surface area contributed by atoms with E-state index in [4.69, 9.17) is 9.79 Å². The Balaban J connectivity index is 2.09. The molecule has 0 bridgehead atoms. The summed E-state index contributed by atoms with van der Waals surface area (Å²) in [4.78, 5) is 29.3. The van der Waals surface area contributed by atoms with Crippen molar-refractivity contribution in [3.05, 3.63) is 30.3 Å². The van der Waals surface area contributed by atoms with Crippen LogP contribution < -0.4 is 10.4 Å². The molecule has 0 spiro atoms. The predicted octanol–water partition coefficient (Wildman–Crippen LogP) is 0.653. The lowest BCUT2D eigenvalue weighted by molar-refractivity contribution is -0.127. The molecule has 1 fully saturated rings. The summed E-state index contributed by atoms with van der Waals surface area (Å²) in [6.07, 6.45) is 0. The molecule has 104 valence electrons.